The van der Waals surface area contributed by atoms with E-state index in [1.807, 2.05) is 12.1 Å². The van der Waals surface area contributed by atoms with Gasteiger partial charge in [0.25, 0.3) is 5.91 Å². The summed E-state index contributed by atoms with van der Waals surface area (Å²) in [6, 6.07) is 16.3. The van der Waals surface area contributed by atoms with Gasteiger partial charge < -0.3 is 15.5 Å². The monoisotopic (exact) mass is 307 g/mol. The van der Waals surface area contributed by atoms with Crippen LogP contribution in [0.3, 0.4) is 0 Å². The summed E-state index contributed by atoms with van der Waals surface area (Å²) in [5.74, 6) is -1.60. The Kier molecular flexibility index (Phi) is 3.68. The van der Waals surface area contributed by atoms with E-state index in [0.29, 0.717) is 11.1 Å². The van der Waals surface area contributed by atoms with Crippen molar-refractivity contribution < 1.29 is 19.8 Å². The smallest absolute Gasteiger partial charge is 0.335 e. The number of hydrogen-bond donors (Lipinski definition) is 3. The summed E-state index contributed by atoms with van der Waals surface area (Å²) in [7, 11) is 0. The van der Waals surface area contributed by atoms with E-state index < -0.39 is 11.9 Å². The van der Waals surface area contributed by atoms with Gasteiger partial charge in [-0.2, -0.15) is 0 Å². The average molecular weight is 307 g/mol. The summed E-state index contributed by atoms with van der Waals surface area (Å²) in [4.78, 5) is 23.3. The van der Waals surface area contributed by atoms with Gasteiger partial charge in [0.05, 0.1) is 11.1 Å². The molecule has 5 heteroatoms. The molecular formula is C18H13NO4. The molecule has 0 unspecified atom stereocenters. The predicted octanol–water partition coefficient (Wildman–Crippen LogP) is 3.50. The van der Waals surface area contributed by atoms with Gasteiger partial charge in [-0.15, -0.1) is 0 Å². The molecule has 3 aromatic rings. The molecule has 0 atom stereocenters. The third-order valence-electron chi connectivity index (χ3n) is 3.52. The number of aromatic carboxylic acids is 1. The zero-order chi connectivity index (χ0) is 16.4. The number of rotatable bonds is 3. The highest BCUT2D eigenvalue weighted by Crippen LogP contribution is 2.28. The number of hydrogen-bond acceptors (Lipinski definition) is 3. The van der Waals surface area contributed by atoms with Crippen molar-refractivity contribution in [1.82, 2.24) is 0 Å². The zero-order valence-corrected chi connectivity index (χ0v) is 12.0. The maximum absolute atomic E-state index is 12.5. The molecule has 0 saturated carbocycles. The lowest BCUT2D eigenvalue weighted by Crippen LogP contribution is -2.12. The Bertz CT molecular complexity index is 901. The van der Waals surface area contributed by atoms with Crippen LogP contribution < -0.4 is 5.32 Å². The number of phenolic OH excluding ortho intramolecular Hbond substituents is 1. The van der Waals surface area contributed by atoms with Crippen LogP contribution in [-0.2, 0) is 0 Å². The van der Waals surface area contributed by atoms with Gasteiger partial charge >= 0.3 is 5.97 Å². The maximum atomic E-state index is 12.5. The number of phenols is 1. The van der Waals surface area contributed by atoms with E-state index in [-0.39, 0.29) is 16.9 Å². The van der Waals surface area contributed by atoms with Crippen LogP contribution in [-0.4, -0.2) is 22.1 Å². The lowest BCUT2D eigenvalue weighted by Gasteiger charge is -2.10. The van der Waals surface area contributed by atoms with E-state index in [4.69, 9.17) is 5.11 Å². The number of benzene rings is 3. The molecule has 0 heterocycles. The first kappa shape index (κ1) is 14.6. The topological polar surface area (TPSA) is 86.6 Å². The highest BCUT2D eigenvalue weighted by Gasteiger charge is 2.15. The number of nitrogens with one attached hydrogen (secondary N) is 1. The molecule has 0 aliphatic rings. The first-order valence-corrected chi connectivity index (χ1v) is 6.91. The van der Waals surface area contributed by atoms with Crippen molar-refractivity contribution >= 4 is 28.3 Å². The SMILES string of the molecule is O=C(O)c1ccc(NC(=O)c2c(O)ccc3ccccc23)cc1. The van der Waals surface area contributed by atoms with Crippen LogP contribution in [0.5, 0.6) is 5.75 Å². The van der Waals surface area contributed by atoms with Gasteiger partial charge in [0, 0.05) is 5.69 Å². The first-order chi connectivity index (χ1) is 11.1. The van der Waals surface area contributed by atoms with E-state index in [1.54, 1.807) is 18.2 Å². The number of carboxylic acid groups (broad SMARTS) is 1. The molecule has 114 valence electrons. The Morgan fingerprint density at radius 2 is 1.57 bits per heavy atom. The molecule has 3 rings (SSSR count). The molecule has 0 bridgehead atoms. The lowest BCUT2D eigenvalue weighted by molar-refractivity contribution is 0.0696. The zero-order valence-electron chi connectivity index (χ0n) is 12.0. The van der Waals surface area contributed by atoms with Crippen LogP contribution in [0.1, 0.15) is 20.7 Å². The number of carbonyl (C=O) groups is 2. The molecule has 5 nitrogen and oxygen atoms in total. The van der Waals surface area contributed by atoms with Gasteiger partial charge in [0.1, 0.15) is 5.75 Å². The largest absolute Gasteiger partial charge is 0.507 e. The van der Waals surface area contributed by atoms with Gasteiger partial charge in [-0.1, -0.05) is 30.3 Å². The molecule has 1 amide bonds. The van der Waals surface area contributed by atoms with Crippen molar-refractivity contribution in [3.8, 4) is 5.75 Å². The van der Waals surface area contributed by atoms with Crippen molar-refractivity contribution in [3.63, 3.8) is 0 Å². The first-order valence-electron chi connectivity index (χ1n) is 6.91. The molecule has 23 heavy (non-hydrogen) atoms. The van der Waals surface area contributed by atoms with Crippen LogP contribution in [0, 0.1) is 0 Å². The molecule has 0 aliphatic carbocycles. The van der Waals surface area contributed by atoms with Gasteiger partial charge in [-0.25, -0.2) is 4.79 Å². The Morgan fingerprint density at radius 1 is 0.870 bits per heavy atom. The highest BCUT2D eigenvalue weighted by molar-refractivity contribution is 6.15. The minimum absolute atomic E-state index is 0.108. The van der Waals surface area contributed by atoms with Gasteiger partial charge in [-0.3, -0.25) is 4.79 Å². The second-order valence-electron chi connectivity index (χ2n) is 5.02. The molecular weight excluding hydrogens is 294 g/mol. The van der Waals surface area contributed by atoms with Crippen LogP contribution >= 0.6 is 0 Å². The number of carbonyl (C=O) groups excluding carboxylic acids is 1. The van der Waals surface area contributed by atoms with Crippen molar-refractivity contribution in [2.24, 2.45) is 0 Å². The number of fused-ring (bicyclic) bond motifs is 1. The van der Waals surface area contributed by atoms with E-state index in [1.165, 1.54) is 30.3 Å². The number of carboxylic acids is 1. The van der Waals surface area contributed by atoms with E-state index >= 15 is 0 Å². The standard InChI is InChI=1S/C18H13NO4/c20-15-10-7-11-3-1-2-4-14(11)16(15)17(21)19-13-8-5-12(6-9-13)18(22)23/h1-10,20H,(H,19,21)(H,22,23). The quantitative estimate of drug-likeness (QED) is 0.691. The fourth-order valence-electron chi connectivity index (χ4n) is 2.39. The summed E-state index contributed by atoms with van der Waals surface area (Å²) in [6.07, 6.45) is 0. The fourth-order valence-corrected chi connectivity index (χ4v) is 2.39. The number of amides is 1. The van der Waals surface area contributed by atoms with E-state index in [2.05, 4.69) is 5.32 Å². The lowest BCUT2D eigenvalue weighted by atomic mass is 10.0. The fraction of sp³-hybridized carbons (Fsp3) is 0. The maximum Gasteiger partial charge on any atom is 0.335 e. The molecule has 0 spiro atoms. The minimum atomic E-state index is -1.03. The Hall–Kier alpha value is -3.34. The third kappa shape index (κ3) is 2.85. The van der Waals surface area contributed by atoms with E-state index in [9.17, 15) is 14.7 Å². The second-order valence-corrected chi connectivity index (χ2v) is 5.02. The molecule has 0 saturated heterocycles. The number of anilines is 1. The van der Waals surface area contributed by atoms with Gasteiger partial charge in [0.15, 0.2) is 0 Å². The minimum Gasteiger partial charge on any atom is -0.507 e. The van der Waals surface area contributed by atoms with Crippen LogP contribution in [0.4, 0.5) is 5.69 Å². The van der Waals surface area contributed by atoms with Gasteiger partial charge in [-0.05, 0) is 41.1 Å². The normalized spacial score (nSPS) is 10.4. The van der Waals surface area contributed by atoms with Crippen molar-refractivity contribution in [2.75, 3.05) is 5.32 Å². The summed E-state index contributed by atoms with van der Waals surface area (Å²) >= 11 is 0. The Balaban J connectivity index is 1.94. The predicted molar refractivity (Wildman–Crippen MR) is 87.0 cm³/mol. The van der Waals surface area contributed by atoms with Crippen molar-refractivity contribution in [3.05, 3.63) is 71.8 Å². The molecule has 3 aromatic carbocycles. The molecule has 0 fully saturated rings. The second kappa shape index (κ2) is 5.81. The Labute approximate surface area is 131 Å². The van der Waals surface area contributed by atoms with Gasteiger partial charge in [0.2, 0.25) is 0 Å². The summed E-state index contributed by atoms with van der Waals surface area (Å²) in [5.41, 5.74) is 0.772. The third-order valence-corrected chi connectivity index (χ3v) is 3.52. The summed E-state index contributed by atoms with van der Waals surface area (Å²) in [5, 5.41) is 23.1. The number of aromatic hydroxyl groups is 1. The molecule has 0 aromatic heterocycles. The highest BCUT2D eigenvalue weighted by atomic mass is 16.4. The molecule has 3 N–H and O–H groups in total. The molecule has 0 aliphatic heterocycles. The Morgan fingerprint density at radius 3 is 2.26 bits per heavy atom. The average Bonchev–Trinajstić information content (AvgIpc) is 2.55. The van der Waals surface area contributed by atoms with Crippen LogP contribution in [0.2, 0.25) is 0 Å². The summed E-state index contributed by atoms with van der Waals surface area (Å²) in [6.45, 7) is 0. The van der Waals surface area contributed by atoms with E-state index in [0.717, 1.165) is 5.39 Å². The molecule has 0 radical (unpaired) electrons. The van der Waals surface area contributed by atoms with Crippen molar-refractivity contribution in [2.45, 2.75) is 0 Å². The van der Waals surface area contributed by atoms with Crippen molar-refractivity contribution in [1.29, 1.82) is 0 Å². The summed E-state index contributed by atoms with van der Waals surface area (Å²) < 4.78 is 0. The van der Waals surface area contributed by atoms with Crippen LogP contribution in [0.15, 0.2) is 60.7 Å². The van der Waals surface area contributed by atoms with Crippen LogP contribution in [0.25, 0.3) is 10.8 Å².